The third kappa shape index (κ3) is 3.49. The zero-order valence-corrected chi connectivity index (χ0v) is 12.3. The molecular formula is C16H24ClN. The minimum atomic E-state index is 0.481. The first-order chi connectivity index (χ1) is 8.70. The van der Waals surface area contributed by atoms with Crippen molar-refractivity contribution in [2.75, 3.05) is 6.54 Å². The Labute approximate surface area is 116 Å². The van der Waals surface area contributed by atoms with Crippen molar-refractivity contribution in [3.8, 4) is 0 Å². The Bertz CT molecular complexity index is 385. The van der Waals surface area contributed by atoms with Crippen molar-refractivity contribution < 1.29 is 0 Å². The summed E-state index contributed by atoms with van der Waals surface area (Å²) in [6.07, 6.45) is 6.68. The Hall–Kier alpha value is -0.530. The highest BCUT2D eigenvalue weighted by Gasteiger charge is 2.23. The fourth-order valence-corrected chi connectivity index (χ4v) is 2.87. The van der Waals surface area contributed by atoms with Crippen LogP contribution in [0.1, 0.15) is 56.2 Å². The van der Waals surface area contributed by atoms with Crippen LogP contribution in [0.5, 0.6) is 0 Å². The number of aryl methyl sites for hydroxylation is 1. The number of rotatable bonds is 6. The quantitative estimate of drug-likeness (QED) is 0.773. The van der Waals surface area contributed by atoms with Gasteiger partial charge in [0.15, 0.2) is 0 Å². The Kier molecular flexibility index (Phi) is 5.08. The molecule has 1 fully saturated rings. The normalized spacial score (nSPS) is 17.5. The van der Waals surface area contributed by atoms with Gasteiger partial charge in [0.2, 0.25) is 0 Å². The van der Waals surface area contributed by atoms with Gasteiger partial charge in [0.05, 0.1) is 0 Å². The van der Waals surface area contributed by atoms with Crippen molar-refractivity contribution in [1.82, 2.24) is 5.32 Å². The molecule has 0 bridgehead atoms. The Morgan fingerprint density at radius 1 is 1.39 bits per heavy atom. The topological polar surface area (TPSA) is 12.0 Å². The van der Waals surface area contributed by atoms with Gasteiger partial charge in [-0.2, -0.15) is 0 Å². The van der Waals surface area contributed by atoms with Crippen LogP contribution >= 0.6 is 11.6 Å². The molecule has 2 rings (SSSR count). The second kappa shape index (κ2) is 6.58. The van der Waals surface area contributed by atoms with Gasteiger partial charge in [-0.05, 0) is 55.5 Å². The standard InChI is InChI=1S/C16H24ClN/c1-3-9-18-16(10-13-5-4-6-13)15-11-14(17)8-7-12(15)2/h7-8,11,13,16,18H,3-6,9-10H2,1-2H3. The van der Waals surface area contributed by atoms with E-state index in [4.69, 9.17) is 11.6 Å². The zero-order chi connectivity index (χ0) is 13.0. The van der Waals surface area contributed by atoms with Crippen LogP contribution in [0.3, 0.4) is 0 Å². The van der Waals surface area contributed by atoms with Gasteiger partial charge >= 0.3 is 0 Å². The maximum atomic E-state index is 6.15. The molecule has 0 aromatic heterocycles. The summed E-state index contributed by atoms with van der Waals surface area (Å²) in [5.74, 6) is 0.915. The van der Waals surface area contributed by atoms with Gasteiger partial charge in [0, 0.05) is 11.1 Å². The largest absolute Gasteiger partial charge is 0.310 e. The van der Waals surface area contributed by atoms with Crippen molar-refractivity contribution in [3.05, 3.63) is 34.3 Å². The molecule has 100 valence electrons. The van der Waals surface area contributed by atoms with E-state index in [0.717, 1.165) is 17.5 Å². The van der Waals surface area contributed by atoms with Crippen LogP contribution < -0.4 is 5.32 Å². The molecular weight excluding hydrogens is 242 g/mol. The lowest BCUT2D eigenvalue weighted by molar-refractivity contribution is 0.261. The van der Waals surface area contributed by atoms with Gasteiger partial charge in [-0.15, -0.1) is 0 Å². The SMILES string of the molecule is CCCNC(CC1CCC1)c1cc(Cl)ccc1C. The number of nitrogens with one attached hydrogen (secondary N) is 1. The summed E-state index contributed by atoms with van der Waals surface area (Å²) >= 11 is 6.15. The lowest BCUT2D eigenvalue weighted by Crippen LogP contribution is -2.27. The maximum absolute atomic E-state index is 6.15. The van der Waals surface area contributed by atoms with Gasteiger partial charge in [0.25, 0.3) is 0 Å². The first-order valence-electron chi connectivity index (χ1n) is 7.20. The van der Waals surface area contributed by atoms with Crippen LogP contribution in [0.2, 0.25) is 5.02 Å². The van der Waals surface area contributed by atoms with E-state index < -0.39 is 0 Å². The van der Waals surface area contributed by atoms with E-state index in [1.165, 1.54) is 43.2 Å². The van der Waals surface area contributed by atoms with Gasteiger partial charge in [-0.1, -0.05) is 43.9 Å². The smallest absolute Gasteiger partial charge is 0.0409 e. The lowest BCUT2D eigenvalue weighted by Gasteiger charge is -2.31. The van der Waals surface area contributed by atoms with Gasteiger partial charge in [0.1, 0.15) is 0 Å². The van der Waals surface area contributed by atoms with E-state index in [2.05, 4.69) is 31.3 Å². The maximum Gasteiger partial charge on any atom is 0.0409 e. The number of hydrogen-bond acceptors (Lipinski definition) is 1. The third-order valence-electron chi connectivity index (χ3n) is 4.05. The van der Waals surface area contributed by atoms with E-state index in [9.17, 15) is 0 Å². The van der Waals surface area contributed by atoms with Crippen molar-refractivity contribution in [2.45, 2.75) is 52.0 Å². The van der Waals surface area contributed by atoms with E-state index in [-0.39, 0.29) is 0 Å². The van der Waals surface area contributed by atoms with E-state index in [1.54, 1.807) is 0 Å². The summed E-state index contributed by atoms with van der Waals surface area (Å²) in [4.78, 5) is 0. The average Bonchev–Trinajstić information content (AvgIpc) is 2.31. The molecule has 0 aliphatic heterocycles. The highest BCUT2D eigenvalue weighted by Crippen LogP contribution is 2.36. The number of benzene rings is 1. The predicted molar refractivity (Wildman–Crippen MR) is 79.2 cm³/mol. The molecule has 2 heteroatoms. The van der Waals surface area contributed by atoms with E-state index >= 15 is 0 Å². The van der Waals surface area contributed by atoms with Crippen LogP contribution in [0, 0.1) is 12.8 Å². The molecule has 1 aliphatic carbocycles. The van der Waals surface area contributed by atoms with E-state index in [1.807, 2.05) is 6.07 Å². The zero-order valence-electron chi connectivity index (χ0n) is 11.5. The monoisotopic (exact) mass is 265 g/mol. The molecule has 1 atom stereocenters. The van der Waals surface area contributed by atoms with Gasteiger partial charge in [-0.25, -0.2) is 0 Å². The van der Waals surface area contributed by atoms with Crippen molar-refractivity contribution in [2.24, 2.45) is 5.92 Å². The molecule has 1 aromatic carbocycles. The fourth-order valence-electron chi connectivity index (χ4n) is 2.69. The molecule has 0 amide bonds. The van der Waals surface area contributed by atoms with Crippen molar-refractivity contribution in [1.29, 1.82) is 0 Å². The highest BCUT2D eigenvalue weighted by molar-refractivity contribution is 6.30. The molecule has 1 nitrogen and oxygen atoms in total. The van der Waals surface area contributed by atoms with Crippen molar-refractivity contribution in [3.63, 3.8) is 0 Å². The van der Waals surface area contributed by atoms with Gasteiger partial charge < -0.3 is 5.32 Å². The minimum Gasteiger partial charge on any atom is -0.310 e. The summed E-state index contributed by atoms with van der Waals surface area (Å²) in [6, 6.07) is 6.75. The Morgan fingerprint density at radius 2 is 2.17 bits per heavy atom. The van der Waals surface area contributed by atoms with Crippen molar-refractivity contribution >= 4 is 11.6 Å². The molecule has 1 unspecified atom stereocenters. The number of hydrogen-bond donors (Lipinski definition) is 1. The third-order valence-corrected chi connectivity index (χ3v) is 4.29. The molecule has 1 aliphatic rings. The molecule has 1 N–H and O–H groups in total. The van der Waals surface area contributed by atoms with Crippen LogP contribution in [-0.2, 0) is 0 Å². The fraction of sp³-hybridized carbons (Fsp3) is 0.625. The van der Waals surface area contributed by atoms with Gasteiger partial charge in [-0.3, -0.25) is 0 Å². The molecule has 0 radical (unpaired) electrons. The first kappa shape index (κ1) is 13.9. The second-order valence-corrected chi connectivity index (χ2v) is 5.98. The summed E-state index contributed by atoms with van der Waals surface area (Å²) < 4.78 is 0. The molecule has 1 saturated carbocycles. The summed E-state index contributed by atoms with van der Waals surface area (Å²) in [6.45, 7) is 5.49. The average molecular weight is 266 g/mol. The van der Waals surface area contributed by atoms with Crippen LogP contribution in [0.4, 0.5) is 0 Å². The minimum absolute atomic E-state index is 0.481. The van der Waals surface area contributed by atoms with Crippen LogP contribution in [0.25, 0.3) is 0 Å². The van der Waals surface area contributed by atoms with Crippen LogP contribution in [0.15, 0.2) is 18.2 Å². The predicted octanol–water partition coefficient (Wildman–Crippen LogP) is 4.88. The highest BCUT2D eigenvalue weighted by atomic mass is 35.5. The summed E-state index contributed by atoms with van der Waals surface area (Å²) in [5.41, 5.74) is 2.75. The second-order valence-electron chi connectivity index (χ2n) is 5.54. The van der Waals surface area contributed by atoms with E-state index in [0.29, 0.717) is 6.04 Å². The first-order valence-corrected chi connectivity index (χ1v) is 7.58. The molecule has 0 saturated heterocycles. The molecule has 1 aromatic rings. The summed E-state index contributed by atoms with van der Waals surface area (Å²) in [7, 11) is 0. The summed E-state index contributed by atoms with van der Waals surface area (Å²) in [5, 5.41) is 4.55. The van der Waals surface area contributed by atoms with Crippen LogP contribution in [-0.4, -0.2) is 6.54 Å². The number of halogens is 1. The molecule has 0 spiro atoms. The lowest BCUT2D eigenvalue weighted by atomic mass is 9.79. The Morgan fingerprint density at radius 3 is 2.78 bits per heavy atom. The Balaban J connectivity index is 2.11. The molecule has 0 heterocycles. The molecule has 18 heavy (non-hydrogen) atoms.